The highest BCUT2D eigenvalue weighted by atomic mass is 16.5. The Morgan fingerprint density at radius 1 is 1.15 bits per heavy atom. The van der Waals surface area contributed by atoms with Crippen LogP contribution in [0.2, 0.25) is 0 Å². The second-order valence-corrected chi connectivity index (χ2v) is 6.73. The molecule has 116 valence electrons. The van der Waals surface area contributed by atoms with Crippen LogP contribution in [0, 0.1) is 5.92 Å². The number of hydrogen-bond donors (Lipinski definition) is 1. The van der Waals surface area contributed by atoms with Crippen LogP contribution < -0.4 is 5.32 Å². The van der Waals surface area contributed by atoms with Crippen LogP contribution in [-0.4, -0.2) is 74.4 Å². The topological polar surface area (TPSA) is 27.7 Å². The predicted molar refractivity (Wildman–Crippen MR) is 82.0 cm³/mol. The molecular formula is C16H31N3O. The highest BCUT2D eigenvalue weighted by Crippen LogP contribution is 2.23. The average Bonchev–Trinajstić information content (AvgIpc) is 2.80. The largest absolute Gasteiger partial charge is 0.381 e. The molecule has 4 heteroatoms. The Morgan fingerprint density at radius 3 is 2.95 bits per heavy atom. The summed E-state index contributed by atoms with van der Waals surface area (Å²) in [6.45, 7) is 11.6. The van der Waals surface area contributed by atoms with Crippen molar-refractivity contribution in [1.82, 2.24) is 15.1 Å². The number of nitrogens with one attached hydrogen (secondary N) is 1. The monoisotopic (exact) mass is 281 g/mol. The van der Waals surface area contributed by atoms with E-state index < -0.39 is 0 Å². The van der Waals surface area contributed by atoms with E-state index in [1.807, 2.05) is 0 Å². The molecule has 3 fully saturated rings. The fraction of sp³-hybridized carbons (Fsp3) is 1.00. The van der Waals surface area contributed by atoms with Crippen molar-refractivity contribution in [3.05, 3.63) is 0 Å². The number of ether oxygens (including phenoxy) is 1. The zero-order valence-corrected chi connectivity index (χ0v) is 13.0. The molecule has 3 atom stereocenters. The van der Waals surface area contributed by atoms with E-state index in [0.29, 0.717) is 12.0 Å². The Bertz CT molecular complexity index is 297. The Kier molecular flexibility index (Phi) is 5.32. The Labute approximate surface area is 123 Å². The lowest BCUT2D eigenvalue weighted by atomic mass is 9.94. The summed E-state index contributed by atoms with van der Waals surface area (Å²) >= 11 is 0. The molecule has 0 bridgehead atoms. The van der Waals surface area contributed by atoms with Gasteiger partial charge in [-0.2, -0.15) is 0 Å². The van der Waals surface area contributed by atoms with Crippen LogP contribution in [0.1, 0.15) is 32.6 Å². The first-order valence-electron chi connectivity index (χ1n) is 8.64. The molecule has 0 radical (unpaired) electrons. The van der Waals surface area contributed by atoms with Crippen LogP contribution in [0.3, 0.4) is 0 Å². The van der Waals surface area contributed by atoms with E-state index >= 15 is 0 Å². The van der Waals surface area contributed by atoms with Gasteiger partial charge in [-0.1, -0.05) is 6.92 Å². The first-order chi connectivity index (χ1) is 9.86. The van der Waals surface area contributed by atoms with Crippen LogP contribution in [0.15, 0.2) is 0 Å². The minimum atomic E-state index is 0.664. The normalized spacial score (nSPS) is 36.8. The van der Waals surface area contributed by atoms with Crippen molar-refractivity contribution in [2.75, 3.05) is 52.5 Å². The molecule has 3 unspecified atom stereocenters. The van der Waals surface area contributed by atoms with Crippen LogP contribution in [0.4, 0.5) is 0 Å². The van der Waals surface area contributed by atoms with E-state index in [0.717, 1.165) is 25.8 Å². The summed E-state index contributed by atoms with van der Waals surface area (Å²) in [6.07, 6.45) is 5.34. The summed E-state index contributed by atoms with van der Waals surface area (Å²) in [5.74, 6) is 0.677. The van der Waals surface area contributed by atoms with Gasteiger partial charge in [0.2, 0.25) is 0 Å². The molecule has 20 heavy (non-hydrogen) atoms. The molecule has 0 amide bonds. The molecule has 3 heterocycles. The molecule has 0 aliphatic carbocycles. The number of fused-ring (bicyclic) bond motifs is 1. The highest BCUT2D eigenvalue weighted by Gasteiger charge is 2.32. The quantitative estimate of drug-likeness (QED) is 0.837. The van der Waals surface area contributed by atoms with Gasteiger partial charge in [-0.25, -0.2) is 0 Å². The summed E-state index contributed by atoms with van der Waals surface area (Å²) in [6, 6.07) is 1.50. The molecule has 3 rings (SSSR count). The zero-order valence-electron chi connectivity index (χ0n) is 13.0. The Hall–Kier alpha value is -0.160. The highest BCUT2D eigenvalue weighted by molar-refractivity contribution is 4.88. The summed E-state index contributed by atoms with van der Waals surface area (Å²) in [7, 11) is 0. The van der Waals surface area contributed by atoms with Crippen molar-refractivity contribution < 1.29 is 4.74 Å². The van der Waals surface area contributed by atoms with Crippen molar-refractivity contribution in [2.45, 2.75) is 44.7 Å². The number of nitrogens with zero attached hydrogens (tertiary/aromatic N) is 2. The number of hydrogen-bond acceptors (Lipinski definition) is 4. The van der Waals surface area contributed by atoms with Crippen LogP contribution in [0.5, 0.6) is 0 Å². The first kappa shape index (κ1) is 14.8. The molecule has 3 aliphatic heterocycles. The molecule has 3 saturated heterocycles. The SMILES string of the molecule is CCNC1CCOCC1CN1CCCN2CCCC2C1. The van der Waals surface area contributed by atoms with Crippen LogP contribution >= 0.6 is 0 Å². The standard InChI is InChI=1S/C16H31N3O/c1-2-17-16-6-10-20-13-14(16)11-18-7-4-9-19-8-3-5-15(19)12-18/h14-17H,2-13H2,1H3. The average molecular weight is 281 g/mol. The van der Waals surface area contributed by atoms with Gasteiger partial charge in [-0.3, -0.25) is 4.90 Å². The van der Waals surface area contributed by atoms with E-state index in [9.17, 15) is 0 Å². The van der Waals surface area contributed by atoms with Gasteiger partial charge in [-0.15, -0.1) is 0 Å². The van der Waals surface area contributed by atoms with E-state index in [1.54, 1.807) is 0 Å². The van der Waals surface area contributed by atoms with Gasteiger partial charge in [-0.05, 0) is 51.9 Å². The molecule has 3 aliphatic rings. The van der Waals surface area contributed by atoms with Gasteiger partial charge >= 0.3 is 0 Å². The molecule has 0 spiro atoms. The van der Waals surface area contributed by atoms with Gasteiger partial charge in [0.25, 0.3) is 0 Å². The summed E-state index contributed by atoms with van der Waals surface area (Å²) in [4.78, 5) is 5.44. The summed E-state index contributed by atoms with van der Waals surface area (Å²) in [5.41, 5.74) is 0. The summed E-state index contributed by atoms with van der Waals surface area (Å²) < 4.78 is 5.74. The van der Waals surface area contributed by atoms with Crippen molar-refractivity contribution in [3.63, 3.8) is 0 Å². The third-order valence-electron chi connectivity index (χ3n) is 5.32. The molecule has 1 N–H and O–H groups in total. The van der Waals surface area contributed by atoms with Gasteiger partial charge in [0, 0.05) is 37.7 Å². The van der Waals surface area contributed by atoms with Crippen LogP contribution in [0.25, 0.3) is 0 Å². The van der Waals surface area contributed by atoms with Crippen molar-refractivity contribution >= 4 is 0 Å². The lowest BCUT2D eigenvalue weighted by Crippen LogP contribution is -2.49. The smallest absolute Gasteiger partial charge is 0.0521 e. The molecule has 4 nitrogen and oxygen atoms in total. The summed E-state index contributed by atoms with van der Waals surface area (Å²) in [5, 5.41) is 3.67. The minimum Gasteiger partial charge on any atom is -0.381 e. The Balaban J connectivity index is 1.55. The van der Waals surface area contributed by atoms with Gasteiger partial charge < -0.3 is 15.0 Å². The lowest BCUT2D eigenvalue weighted by molar-refractivity contribution is 0.0162. The maximum absolute atomic E-state index is 5.74. The number of rotatable bonds is 4. The predicted octanol–water partition coefficient (Wildman–Crippen LogP) is 1.17. The minimum absolute atomic E-state index is 0.664. The van der Waals surface area contributed by atoms with Crippen LogP contribution in [-0.2, 0) is 4.74 Å². The van der Waals surface area contributed by atoms with Gasteiger partial charge in [0.15, 0.2) is 0 Å². The van der Waals surface area contributed by atoms with E-state index in [-0.39, 0.29) is 0 Å². The van der Waals surface area contributed by atoms with Crippen molar-refractivity contribution in [2.24, 2.45) is 5.92 Å². The fourth-order valence-electron chi connectivity index (χ4n) is 4.29. The lowest BCUT2D eigenvalue weighted by Gasteiger charge is -2.36. The molecule has 0 aromatic rings. The van der Waals surface area contributed by atoms with E-state index in [2.05, 4.69) is 22.0 Å². The molecular weight excluding hydrogens is 250 g/mol. The van der Waals surface area contributed by atoms with E-state index in [4.69, 9.17) is 4.74 Å². The molecule has 0 aromatic carbocycles. The van der Waals surface area contributed by atoms with Gasteiger partial charge in [0.1, 0.15) is 0 Å². The van der Waals surface area contributed by atoms with Crippen molar-refractivity contribution in [1.29, 1.82) is 0 Å². The zero-order chi connectivity index (χ0) is 13.8. The second-order valence-electron chi connectivity index (χ2n) is 6.73. The molecule has 0 aromatic heterocycles. The van der Waals surface area contributed by atoms with Crippen molar-refractivity contribution in [3.8, 4) is 0 Å². The third kappa shape index (κ3) is 3.53. The molecule has 0 saturated carbocycles. The fourth-order valence-corrected chi connectivity index (χ4v) is 4.29. The first-order valence-corrected chi connectivity index (χ1v) is 8.64. The van der Waals surface area contributed by atoms with Gasteiger partial charge in [0.05, 0.1) is 6.61 Å². The third-order valence-corrected chi connectivity index (χ3v) is 5.32. The maximum atomic E-state index is 5.74. The second kappa shape index (κ2) is 7.21. The maximum Gasteiger partial charge on any atom is 0.0521 e. The Morgan fingerprint density at radius 2 is 2.05 bits per heavy atom. The van der Waals surface area contributed by atoms with E-state index in [1.165, 1.54) is 58.4 Å².